The summed E-state index contributed by atoms with van der Waals surface area (Å²) in [5.74, 6) is -0.106. The van der Waals surface area contributed by atoms with Gasteiger partial charge in [0.05, 0.1) is 17.6 Å². The van der Waals surface area contributed by atoms with E-state index in [1.165, 1.54) is 35.5 Å². The third-order valence-electron chi connectivity index (χ3n) is 3.91. The van der Waals surface area contributed by atoms with Crippen LogP contribution in [-0.4, -0.2) is 79.1 Å². The van der Waals surface area contributed by atoms with E-state index in [-0.39, 0.29) is 17.3 Å². The summed E-state index contributed by atoms with van der Waals surface area (Å²) in [6.45, 7) is 3.12. The molecule has 0 radical (unpaired) electrons. The van der Waals surface area contributed by atoms with Crippen molar-refractivity contribution in [3.05, 3.63) is 29.8 Å². The summed E-state index contributed by atoms with van der Waals surface area (Å²) in [7, 11) is -3.58. The van der Waals surface area contributed by atoms with Gasteiger partial charge in [0.1, 0.15) is 0 Å². The quantitative estimate of drug-likeness (QED) is 0.680. The van der Waals surface area contributed by atoms with Crippen LogP contribution in [0.1, 0.15) is 17.3 Å². The molecule has 1 aromatic carbocycles. The lowest BCUT2D eigenvalue weighted by atomic mass is 10.2. The van der Waals surface area contributed by atoms with Gasteiger partial charge in [0, 0.05) is 38.3 Å². The van der Waals surface area contributed by atoms with E-state index in [2.05, 4.69) is 0 Å². The predicted octanol–water partition coefficient (Wildman–Crippen LogP) is -0.451. The number of carbonyl (C=O) groups excluding carboxylic acids is 1. The van der Waals surface area contributed by atoms with Gasteiger partial charge in [0.15, 0.2) is 5.78 Å². The van der Waals surface area contributed by atoms with Gasteiger partial charge in [-0.2, -0.15) is 4.31 Å². The molecular weight excluding hydrogens is 320 g/mol. The molecule has 7 nitrogen and oxygen atoms in total. The minimum absolute atomic E-state index is 0.106. The Balaban J connectivity index is 2.02. The number of benzene rings is 1. The number of β-amino-alcohol motifs (C(OH)–C–C–N with tert-alkyl or cyclic N) is 1. The highest BCUT2D eigenvalue weighted by molar-refractivity contribution is 7.89. The van der Waals surface area contributed by atoms with Crippen molar-refractivity contribution in [1.82, 2.24) is 9.21 Å². The molecule has 1 aliphatic heterocycles. The molecule has 1 saturated heterocycles. The number of rotatable bonds is 6. The summed E-state index contributed by atoms with van der Waals surface area (Å²) in [4.78, 5) is 13.3. The van der Waals surface area contributed by atoms with Gasteiger partial charge in [0.2, 0.25) is 10.0 Å². The maximum atomic E-state index is 12.6. The second-order valence-corrected chi connectivity index (χ2v) is 7.56. The number of piperazine rings is 1. The number of hydrogen-bond acceptors (Lipinski definition) is 6. The fourth-order valence-electron chi connectivity index (χ4n) is 2.52. The van der Waals surface area contributed by atoms with Crippen molar-refractivity contribution in [3.8, 4) is 0 Å². The topological polar surface area (TPSA) is 98.2 Å². The Labute approximate surface area is 136 Å². The van der Waals surface area contributed by atoms with Crippen LogP contribution in [0.2, 0.25) is 0 Å². The Hall–Kier alpha value is -1.32. The van der Waals surface area contributed by atoms with Crippen molar-refractivity contribution in [2.24, 2.45) is 0 Å². The van der Waals surface area contributed by atoms with Crippen LogP contribution in [0, 0.1) is 0 Å². The van der Waals surface area contributed by atoms with Gasteiger partial charge >= 0.3 is 0 Å². The summed E-state index contributed by atoms with van der Waals surface area (Å²) in [6.07, 6.45) is -0.808. The molecule has 0 saturated carbocycles. The van der Waals surface area contributed by atoms with Crippen molar-refractivity contribution in [1.29, 1.82) is 0 Å². The Morgan fingerprint density at radius 2 is 1.74 bits per heavy atom. The molecule has 1 heterocycles. The number of Topliss-reactive ketones (excluding diaryl/α,β-unsaturated/α-hetero) is 1. The second-order valence-electron chi connectivity index (χ2n) is 5.62. The molecule has 1 fully saturated rings. The average molecular weight is 342 g/mol. The van der Waals surface area contributed by atoms with Gasteiger partial charge in [-0.05, 0) is 19.1 Å². The number of sulfonamides is 1. The standard InChI is InChI=1S/C15H22N2O5S/c1-12(19)13-2-4-15(5-3-13)23(21,22)17-8-6-16(7-9-17)10-14(20)11-18/h2-5,14,18,20H,6-11H2,1H3/t14-/m1/s1. The van der Waals surface area contributed by atoms with E-state index in [4.69, 9.17) is 5.11 Å². The van der Waals surface area contributed by atoms with E-state index >= 15 is 0 Å². The maximum absolute atomic E-state index is 12.6. The fourth-order valence-corrected chi connectivity index (χ4v) is 3.94. The van der Waals surface area contributed by atoms with Crippen LogP contribution in [0.3, 0.4) is 0 Å². The van der Waals surface area contributed by atoms with Crippen molar-refractivity contribution >= 4 is 15.8 Å². The first kappa shape index (κ1) is 18.0. The zero-order chi connectivity index (χ0) is 17.0. The Kier molecular flexibility index (Phi) is 5.88. The molecule has 1 aromatic rings. The highest BCUT2D eigenvalue weighted by atomic mass is 32.2. The molecule has 2 N–H and O–H groups in total. The number of ketones is 1. The number of aliphatic hydroxyl groups is 2. The third-order valence-corrected chi connectivity index (χ3v) is 5.82. The third kappa shape index (κ3) is 4.36. The molecule has 0 amide bonds. The van der Waals surface area contributed by atoms with Crippen molar-refractivity contribution in [2.45, 2.75) is 17.9 Å². The van der Waals surface area contributed by atoms with E-state index in [9.17, 15) is 18.3 Å². The van der Waals surface area contributed by atoms with E-state index < -0.39 is 16.1 Å². The monoisotopic (exact) mass is 342 g/mol. The smallest absolute Gasteiger partial charge is 0.243 e. The van der Waals surface area contributed by atoms with Crippen LogP contribution in [0.25, 0.3) is 0 Å². The molecule has 23 heavy (non-hydrogen) atoms. The molecular formula is C15H22N2O5S. The van der Waals surface area contributed by atoms with Gasteiger partial charge in [-0.3, -0.25) is 9.69 Å². The second kappa shape index (κ2) is 7.50. The SMILES string of the molecule is CC(=O)c1ccc(S(=O)(=O)N2CCN(C[C@@H](O)CO)CC2)cc1. The van der Waals surface area contributed by atoms with Gasteiger partial charge in [-0.1, -0.05) is 12.1 Å². The minimum Gasteiger partial charge on any atom is -0.394 e. The molecule has 2 rings (SSSR count). The zero-order valence-corrected chi connectivity index (χ0v) is 13.9. The summed E-state index contributed by atoms with van der Waals surface area (Å²) in [5, 5.41) is 18.3. The first-order valence-corrected chi connectivity index (χ1v) is 8.91. The van der Waals surface area contributed by atoms with Crippen LogP contribution in [0.15, 0.2) is 29.2 Å². The van der Waals surface area contributed by atoms with Crippen LogP contribution >= 0.6 is 0 Å². The highest BCUT2D eigenvalue weighted by Crippen LogP contribution is 2.18. The summed E-state index contributed by atoms with van der Waals surface area (Å²) < 4.78 is 26.6. The Morgan fingerprint density at radius 3 is 2.22 bits per heavy atom. The highest BCUT2D eigenvalue weighted by Gasteiger charge is 2.29. The van der Waals surface area contributed by atoms with Gasteiger partial charge in [-0.15, -0.1) is 0 Å². The number of aliphatic hydroxyl groups excluding tert-OH is 2. The van der Waals surface area contributed by atoms with E-state index in [0.717, 1.165) is 0 Å². The zero-order valence-electron chi connectivity index (χ0n) is 13.1. The van der Waals surface area contributed by atoms with Gasteiger partial charge < -0.3 is 10.2 Å². The van der Waals surface area contributed by atoms with E-state index in [1.807, 2.05) is 4.90 Å². The molecule has 0 spiro atoms. The predicted molar refractivity (Wildman–Crippen MR) is 84.7 cm³/mol. The van der Waals surface area contributed by atoms with Crippen molar-refractivity contribution in [3.63, 3.8) is 0 Å². The first-order chi connectivity index (χ1) is 10.8. The van der Waals surface area contributed by atoms with Crippen LogP contribution in [0.4, 0.5) is 0 Å². The lowest BCUT2D eigenvalue weighted by molar-refractivity contribution is 0.0491. The molecule has 1 aliphatic rings. The molecule has 0 aromatic heterocycles. The van der Waals surface area contributed by atoms with E-state index in [0.29, 0.717) is 38.3 Å². The fraction of sp³-hybridized carbons (Fsp3) is 0.533. The average Bonchev–Trinajstić information content (AvgIpc) is 2.55. The van der Waals surface area contributed by atoms with E-state index in [1.54, 1.807) is 0 Å². The van der Waals surface area contributed by atoms with Gasteiger partial charge in [0.25, 0.3) is 0 Å². The Morgan fingerprint density at radius 1 is 1.17 bits per heavy atom. The summed E-state index contributed by atoms with van der Waals surface area (Å²) in [6, 6.07) is 5.94. The molecule has 0 unspecified atom stereocenters. The molecule has 1 atom stereocenters. The number of hydrogen-bond donors (Lipinski definition) is 2. The van der Waals surface area contributed by atoms with Crippen molar-refractivity contribution < 1.29 is 23.4 Å². The summed E-state index contributed by atoms with van der Waals surface area (Å²) in [5.41, 5.74) is 0.478. The van der Waals surface area contributed by atoms with Crippen LogP contribution in [0.5, 0.6) is 0 Å². The Bertz CT molecular complexity index is 636. The van der Waals surface area contributed by atoms with Crippen molar-refractivity contribution in [2.75, 3.05) is 39.3 Å². The lowest BCUT2D eigenvalue weighted by Gasteiger charge is -2.34. The molecule has 8 heteroatoms. The minimum atomic E-state index is -3.58. The number of nitrogens with zero attached hydrogens (tertiary/aromatic N) is 2. The molecule has 0 bridgehead atoms. The first-order valence-electron chi connectivity index (χ1n) is 7.47. The van der Waals surface area contributed by atoms with Crippen LogP contribution in [-0.2, 0) is 10.0 Å². The lowest BCUT2D eigenvalue weighted by Crippen LogP contribution is -2.50. The molecule has 128 valence electrons. The van der Waals surface area contributed by atoms with Crippen LogP contribution < -0.4 is 0 Å². The largest absolute Gasteiger partial charge is 0.394 e. The maximum Gasteiger partial charge on any atom is 0.243 e. The van der Waals surface area contributed by atoms with Gasteiger partial charge in [-0.25, -0.2) is 8.42 Å². The molecule has 0 aliphatic carbocycles. The summed E-state index contributed by atoms with van der Waals surface area (Å²) >= 11 is 0. The number of carbonyl (C=O) groups is 1. The normalized spacial score (nSPS) is 18.7.